The van der Waals surface area contributed by atoms with Gasteiger partial charge in [0.25, 0.3) is 0 Å². The molecule has 2 aromatic rings. The molecule has 3 rings (SSSR count). The van der Waals surface area contributed by atoms with Crippen LogP contribution in [0.2, 0.25) is 0 Å². The maximum absolute atomic E-state index is 5.47. The van der Waals surface area contributed by atoms with Gasteiger partial charge in [-0.25, -0.2) is 4.98 Å². The molecule has 0 spiro atoms. The molecule has 1 saturated heterocycles. The number of pyridine rings is 1. The normalized spacial score (nSPS) is 17.9. The van der Waals surface area contributed by atoms with E-state index in [1.165, 1.54) is 0 Å². The summed E-state index contributed by atoms with van der Waals surface area (Å²) in [6, 6.07) is 8.16. The van der Waals surface area contributed by atoms with E-state index in [0.717, 1.165) is 50.5 Å². The summed E-state index contributed by atoms with van der Waals surface area (Å²) < 4.78 is 5.47. The second kappa shape index (κ2) is 7.70. The summed E-state index contributed by atoms with van der Waals surface area (Å²) in [7, 11) is 0. The third-order valence-corrected chi connectivity index (χ3v) is 3.56. The van der Waals surface area contributed by atoms with E-state index in [0.29, 0.717) is 12.0 Å². The fraction of sp³-hybridized carbons (Fsp3) is 0.438. The number of hydrogen-bond acceptors (Lipinski definition) is 6. The summed E-state index contributed by atoms with van der Waals surface area (Å²) in [5.41, 5.74) is 1.06. The van der Waals surface area contributed by atoms with Crippen LogP contribution < -0.4 is 10.6 Å². The molecule has 0 bridgehead atoms. The van der Waals surface area contributed by atoms with Gasteiger partial charge in [0.05, 0.1) is 12.6 Å². The van der Waals surface area contributed by atoms with Gasteiger partial charge in [0.2, 0.25) is 5.95 Å². The van der Waals surface area contributed by atoms with E-state index in [1.54, 1.807) is 6.20 Å². The van der Waals surface area contributed by atoms with E-state index in [4.69, 9.17) is 4.74 Å². The molecule has 6 heteroatoms. The number of nitrogens with zero attached hydrogens (tertiary/aromatic N) is 3. The first-order chi connectivity index (χ1) is 10.9. The van der Waals surface area contributed by atoms with E-state index in [1.807, 2.05) is 30.5 Å². The van der Waals surface area contributed by atoms with Crippen LogP contribution in [0.25, 0.3) is 0 Å². The molecule has 0 unspecified atom stereocenters. The van der Waals surface area contributed by atoms with Gasteiger partial charge in [-0.15, -0.1) is 0 Å². The predicted octanol–water partition coefficient (Wildman–Crippen LogP) is 2.12. The molecule has 6 nitrogen and oxygen atoms in total. The Labute approximate surface area is 130 Å². The molecule has 116 valence electrons. The summed E-state index contributed by atoms with van der Waals surface area (Å²) in [5, 5.41) is 6.64. The molecule has 1 fully saturated rings. The van der Waals surface area contributed by atoms with Crippen molar-refractivity contribution in [3.05, 3.63) is 42.4 Å². The molecule has 1 aliphatic heterocycles. The first-order valence-corrected chi connectivity index (χ1v) is 7.71. The fourth-order valence-electron chi connectivity index (χ4n) is 2.44. The van der Waals surface area contributed by atoms with Crippen molar-refractivity contribution in [1.29, 1.82) is 0 Å². The average Bonchev–Trinajstić information content (AvgIpc) is 2.57. The monoisotopic (exact) mass is 299 g/mol. The zero-order valence-corrected chi connectivity index (χ0v) is 12.5. The van der Waals surface area contributed by atoms with Crippen molar-refractivity contribution < 1.29 is 4.74 Å². The van der Waals surface area contributed by atoms with Crippen molar-refractivity contribution in [2.24, 2.45) is 0 Å². The molecular formula is C16H21N5O. The predicted molar refractivity (Wildman–Crippen MR) is 85.9 cm³/mol. The smallest absolute Gasteiger partial charge is 0.224 e. The van der Waals surface area contributed by atoms with E-state index >= 15 is 0 Å². The topological polar surface area (TPSA) is 72.0 Å². The molecule has 2 aromatic heterocycles. The molecule has 22 heavy (non-hydrogen) atoms. The number of anilines is 2. The van der Waals surface area contributed by atoms with Crippen LogP contribution in [0.5, 0.6) is 0 Å². The summed E-state index contributed by atoms with van der Waals surface area (Å²) in [6.45, 7) is 2.36. The lowest BCUT2D eigenvalue weighted by atomic mass is 10.1. The van der Waals surface area contributed by atoms with Crippen LogP contribution in [-0.4, -0.2) is 40.8 Å². The van der Waals surface area contributed by atoms with Gasteiger partial charge in [-0.3, -0.25) is 4.98 Å². The third kappa shape index (κ3) is 4.39. The maximum Gasteiger partial charge on any atom is 0.224 e. The van der Waals surface area contributed by atoms with Crippen molar-refractivity contribution in [2.75, 3.05) is 30.4 Å². The van der Waals surface area contributed by atoms with Gasteiger partial charge < -0.3 is 15.4 Å². The Balaban J connectivity index is 1.50. The van der Waals surface area contributed by atoms with E-state index < -0.39 is 0 Å². The van der Waals surface area contributed by atoms with E-state index in [-0.39, 0.29) is 0 Å². The van der Waals surface area contributed by atoms with Gasteiger partial charge in [0.1, 0.15) is 5.82 Å². The Morgan fingerprint density at radius 1 is 1.18 bits per heavy atom. The first kappa shape index (κ1) is 14.7. The van der Waals surface area contributed by atoms with Gasteiger partial charge in [-0.05, 0) is 31.0 Å². The van der Waals surface area contributed by atoms with Gasteiger partial charge >= 0.3 is 0 Å². The zero-order valence-electron chi connectivity index (χ0n) is 12.5. The van der Waals surface area contributed by atoms with Crippen molar-refractivity contribution in [1.82, 2.24) is 15.0 Å². The highest BCUT2D eigenvalue weighted by atomic mass is 16.5. The highest BCUT2D eigenvalue weighted by Gasteiger charge is 2.14. The number of ether oxygens (including phenoxy) is 1. The van der Waals surface area contributed by atoms with Crippen molar-refractivity contribution in [3.8, 4) is 0 Å². The standard InChI is InChI=1S/C16H21N5O/c1-2-8-17-13(4-1)6-9-18-16-19-10-7-15(21-16)20-14-5-3-11-22-12-14/h1-2,4,7-8,10,14H,3,5-6,9,11-12H2,(H2,18,19,20,21)/t14-/m0/s1. The highest BCUT2D eigenvalue weighted by molar-refractivity contribution is 5.40. The minimum Gasteiger partial charge on any atom is -0.379 e. The lowest BCUT2D eigenvalue weighted by Gasteiger charge is -2.23. The van der Waals surface area contributed by atoms with Gasteiger partial charge in [-0.2, -0.15) is 4.98 Å². The second-order valence-electron chi connectivity index (χ2n) is 5.32. The third-order valence-electron chi connectivity index (χ3n) is 3.56. The van der Waals surface area contributed by atoms with Crippen molar-refractivity contribution in [3.63, 3.8) is 0 Å². The molecule has 0 aromatic carbocycles. The first-order valence-electron chi connectivity index (χ1n) is 7.71. The summed E-state index contributed by atoms with van der Waals surface area (Å²) in [4.78, 5) is 13.0. The minimum atomic E-state index is 0.338. The van der Waals surface area contributed by atoms with Gasteiger partial charge in [0, 0.05) is 37.7 Å². The van der Waals surface area contributed by atoms with Crippen LogP contribution in [0.15, 0.2) is 36.7 Å². The molecule has 0 aliphatic carbocycles. The average molecular weight is 299 g/mol. The van der Waals surface area contributed by atoms with Crippen LogP contribution in [-0.2, 0) is 11.2 Å². The van der Waals surface area contributed by atoms with Crippen LogP contribution >= 0.6 is 0 Å². The summed E-state index contributed by atoms with van der Waals surface area (Å²) in [5.74, 6) is 1.48. The van der Waals surface area contributed by atoms with Gasteiger partial charge in [0.15, 0.2) is 0 Å². The molecule has 0 saturated carbocycles. The maximum atomic E-state index is 5.47. The number of hydrogen-bond donors (Lipinski definition) is 2. The molecule has 0 radical (unpaired) electrons. The van der Waals surface area contributed by atoms with Crippen LogP contribution in [0, 0.1) is 0 Å². The lowest BCUT2D eigenvalue weighted by molar-refractivity contribution is 0.0875. The molecule has 1 aliphatic rings. The van der Waals surface area contributed by atoms with Gasteiger partial charge in [-0.1, -0.05) is 6.07 Å². The van der Waals surface area contributed by atoms with Crippen LogP contribution in [0.4, 0.5) is 11.8 Å². The summed E-state index contributed by atoms with van der Waals surface area (Å²) in [6.07, 6.45) is 6.63. The summed E-state index contributed by atoms with van der Waals surface area (Å²) >= 11 is 0. The molecule has 1 atom stereocenters. The Morgan fingerprint density at radius 2 is 2.18 bits per heavy atom. The minimum absolute atomic E-state index is 0.338. The number of aromatic nitrogens is 3. The number of rotatable bonds is 6. The number of nitrogens with one attached hydrogen (secondary N) is 2. The largest absolute Gasteiger partial charge is 0.379 e. The highest BCUT2D eigenvalue weighted by Crippen LogP contribution is 2.13. The molecule has 0 amide bonds. The molecule has 3 heterocycles. The van der Waals surface area contributed by atoms with E-state index in [9.17, 15) is 0 Å². The Hall–Kier alpha value is -2.21. The molecular weight excluding hydrogens is 278 g/mol. The SMILES string of the molecule is c1ccc(CCNc2nccc(N[C@H]3CCCOC3)n2)nc1. The van der Waals surface area contributed by atoms with Crippen LogP contribution in [0.1, 0.15) is 18.5 Å². The Bertz CT molecular complexity index is 572. The Morgan fingerprint density at radius 3 is 3.00 bits per heavy atom. The fourth-order valence-corrected chi connectivity index (χ4v) is 2.44. The lowest BCUT2D eigenvalue weighted by Crippen LogP contribution is -2.30. The Kier molecular flexibility index (Phi) is 5.15. The van der Waals surface area contributed by atoms with Crippen molar-refractivity contribution in [2.45, 2.75) is 25.3 Å². The van der Waals surface area contributed by atoms with E-state index in [2.05, 4.69) is 25.6 Å². The van der Waals surface area contributed by atoms with Crippen LogP contribution in [0.3, 0.4) is 0 Å². The quantitative estimate of drug-likeness (QED) is 0.851. The second-order valence-corrected chi connectivity index (χ2v) is 5.32. The van der Waals surface area contributed by atoms with Crippen molar-refractivity contribution >= 4 is 11.8 Å². The zero-order chi connectivity index (χ0) is 15.0. The molecule has 2 N–H and O–H groups in total.